The van der Waals surface area contributed by atoms with Crippen LogP contribution >= 0.6 is 11.8 Å². The normalized spacial score (nSPS) is 12.6. The Labute approximate surface area is 107 Å². The highest BCUT2D eigenvalue weighted by Gasteiger charge is 2.11. The summed E-state index contributed by atoms with van der Waals surface area (Å²) in [4.78, 5) is 0.376. The summed E-state index contributed by atoms with van der Waals surface area (Å²) in [6.45, 7) is 1.93. The Morgan fingerprint density at radius 2 is 1.82 bits per heavy atom. The van der Waals surface area contributed by atoms with E-state index in [0.29, 0.717) is 4.90 Å². The number of sulfone groups is 1. The Bertz CT molecular complexity index is 497. The van der Waals surface area contributed by atoms with E-state index in [0.717, 1.165) is 5.56 Å². The van der Waals surface area contributed by atoms with Crippen LogP contribution in [0.1, 0.15) is 5.56 Å². The summed E-state index contributed by atoms with van der Waals surface area (Å²) < 4.78 is 23.8. The molecule has 1 aromatic carbocycles. The molecular weight excluding hydrogens is 252 g/mol. The zero-order valence-electron chi connectivity index (χ0n) is 9.96. The first-order valence-corrected chi connectivity index (χ1v) is 8.14. The number of allylic oxidation sites excluding steroid dienone is 2. The summed E-state index contributed by atoms with van der Waals surface area (Å²) in [7, 11) is -3.19. The van der Waals surface area contributed by atoms with E-state index in [1.165, 1.54) is 0 Å². The van der Waals surface area contributed by atoms with Crippen molar-refractivity contribution in [2.24, 2.45) is 0 Å². The van der Waals surface area contributed by atoms with Crippen molar-refractivity contribution in [1.82, 2.24) is 0 Å². The fraction of sp³-hybridized carbons (Fsp3) is 0.231. The van der Waals surface area contributed by atoms with Crippen molar-refractivity contribution in [3.63, 3.8) is 0 Å². The highest BCUT2D eigenvalue weighted by atomic mass is 32.2. The zero-order chi connectivity index (χ0) is 12.7. The van der Waals surface area contributed by atoms with E-state index in [-0.39, 0.29) is 5.75 Å². The van der Waals surface area contributed by atoms with Gasteiger partial charge in [-0.05, 0) is 30.7 Å². The molecule has 0 saturated carbocycles. The van der Waals surface area contributed by atoms with Gasteiger partial charge in [-0.1, -0.05) is 35.9 Å². The number of rotatable bonds is 5. The molecular formula is C13H16O2S2. The quantitative estimate of drug-likeness (QED) is 0.769. The van der Waals surface area contributed by atoms with Crippen molar-refractivity contribution in [1.29, 1.82) is 0 Å². The van der Waals surface area contributed by atoms with Crippen molar-refractivity contribution in [3.8, 4) is 0 Å². The van der Waals surface area contributed by atoms with Crippen LogP contribution in [0.15, 0.2) is 52.8 Å². The van der Waals surface area contributed by atoms with Crippen LogP contribution in [0, 0.1) is 6.92 Å². The van der Waals surface area contributed by atoms with Gasteiger partial charge < -0.3 is 0 Å². The maximum atomic E-state index is 11.9. The highest BCUT2D eigenvalue weighted by Crippen LogP contribution is 2.12. The minimum absolute atomic E-state index is 0.0365. The average Bonchev–Trinajstić information content (AvgIpc) is 2.29. The van der Waals surface area contributed by atoms with Crippen LogP contribution in [0.5, 0.6) is 0 Å². The lowest BCUT2D eigenvalue weighted by molar-refractivity contribution is 0.599. The third-order valence-corrected chi connectivity index (χ3v) is 4.21. The van der Waals surface area contributed by atoms with Gasteiger partial charge in [0.15, 0.2) is 9.84 Å². The smallest absolute Gasteiger partial charge is 0.181 e. The van der Waals surface area contributed by atoms with E-state index in [4.69, 9.17) is 0 Å². The maximum Gasteiger partial charge on any atom is 0.181 e. The van der Waals surface area contributed by atoms with Gasteiger partial charge in [-0.15, -0.1) is 11.8 Å². The Hall–Kier alpha value is -1.00. The third kappa shape index (κ3) is 4.79. The van der Waals surface area contributed by atoms with Gasteiger partial charge in [-0.2, -0.15) is 0 Å². The molecule has 0 N–H and O–H groups in total. The molecule has 92 valence electrons. The van der Waals surface area contributed by atoms with Crippen LogP contribution in [0.4, 0.5) is 0 Å². The Morgan fingerprint density at radius 3 is 2.41 bits per heavy atom. The Morgan fingerprint density at radius 1 is 1.18 bits per heavy atom. The second kappa shape index (κ2) is 6.67. The fourth-order valence-corrected chi connectivity index (χ4v) is 2.58. The van der Waals surface area contributed by atoms with E-state index in [1.54, 1.807) is 36.0 Å². The molecule has 0 radical (unpaired) electrons. The van der Waals surface area contributed by atoms with Crippen LogP contribution in [-0.2, 0) is 9.84 Å². The summed E-state index contributed by atoms with van der Waals surface area (Å²) in [5, 5.41) is 1.90. The molecule has 0 aromatic heterocycles. The number of benzene rings is 1. The largest absolute Gasteiger partial charge is 0.223 e. The van der Waals surface area contributed by atoms with Crippen molar-refractivity contribution in [2.45, 2.75) is 11.8 Å². The van der Waals surface area contributed by atoms with E-state index in [2.05, 4.69) is 0 Å². The molecule has 2 nitrogen and oxygen atoms in total. The Kier molecular flexibility index (Phi) is 5.51. The maximum absolute atomic E-state index is 11.9. The minimum atomic E-state index is -3.19. The van der Waals surface area contributed by atoms with E-state index in [1.807, 2.05) is 36.8 Å². The van der Waals surface area contributed by atoms with Crippen LogP contribution in [0.3, 0.4) is 0 Å². The molecule has 1 aromatic rings. The van der Waals surface area contributed by atoms with Gasteiger partial charge in [0.2, 0.25) is 0 Å². The molecule has 4 heteroatoms. The molecule has 0 aliphatic rings. The predicted octanol–water partition coefficient (Wildman–Crippen LogP) is 3.20. The monoisotopic (exact) mass is 268 g/mol. The summed E-state index contributed by atoms with van der Waals surface area (Å²) in [6, 6.07) is 6.92. The van der Waals surface area contributed by atoms with Crippen molar-refractivity contribution >= 4 is 21.6 Å². The van der Waals surface area contributed by atoms with Gasteiger partial charge in [0, 0.05) is 0 Å². The first-order chi connectivity index (χ1) is 8.06. The topological polar surface area (TPSA) is 34.1 Å². The molecule has 0 spiro atoms. The van der Waals surface area contributed by atoms with Gasteiger partial charge >= 0.3 is 0 Å². The van der Waals surface area contributed by atoms with E-state index < -0.39 is 9.84 Å². The van der Waals surface area contributed by atoms with Crippen LogP contribution in [0.2, 0.25) is 0 Å². The third-order valence-electron chi connectivity index (χ3n) is 2.16. The number of hydrogen-bond donors (Lipinski definition) is 0. The summed E-state index contributed by atoms with van der Waals surface area (Å²) in [5.41, 5.74) is 1.06. The molecule has 0 atom stereocenters. The lowest BCUT2D eigenvalue weighted by Gasteiger charge is -2.01. The second-order valence-electron chi connectivity index (χ2n) is 3.59. The summed E-state index contributed by atoms with van der Waals surface area (Å²) >= 11 is 1.58. The number of thioether (sulfide) groups is 1. The molecule has 0 unspecified atom stereocenters. The van der Waals surface area contributed by atoms with Gasteiger partial charge in [0.1, 0.15) is 0 Å². The lowest BCUT2D eigenvalue weighted by atomic mass is 10.2. The molecule has 0 bridgehead atoms. The van der Waals surface area contributed by atoms with Crippen LogP contribution in [-0.4, -0.2) is 20.4 Å². The van der Waals surface area contributed by atoms with Crippen molar-refractivity contribution in [2.75, 3.05) is 12.0 Å². The fourth-order valence-electron chi connectivity index (χ4n) is 1.23. The molecule has 0 aliphatic heterocycles. The highest BCUT2D eigenvalue weighted by molar-refractivity contribution is 8.01. The molecule has 1 rings (SSSR count). The van der Waals surface area contributed by atoms with Gasteiger partial charge in [0.25, 0.3) is 0 Å². The summed E-state index contributed by atoms with van der Waals surface area (Å²) in [5.74, 6) is 0.0365. The molecule has 17 heavy (non-hydrogen) atoms. The van der Waals surface area contributed by atoms with Crippen molar-refractivity contribution < 1.29 is 8.42 Å². The second-order valence-corrected chi connectivity index (χ2v) is 6.36. The van der Waals surface area contributed by atoms with Gasteiger partial charge in [-0.25, -0.2) is 8.42 Å². The molecule has 0 aliphatic carbocycles. The number of hydrogen-bond acceptors (Lipinski definition) is 3. The van der Waals surface area contributed by atoms with E-state index in [9.17, 15) is 8.42 Å². The van der Waals surface area contributed by atoms with Gasteiger partial charge in [0.05, 0.1) is 10.6 Å². The SMILES string of the molecule is CSC=CC=CCS(=O)(=O)c1ccc(C)cc1. The van der Waals surface area contributed by atoms with Crippen molar-refractivity contribution in [3.05, 3.63) is 53.5 Å². The number of aryl methyl sites for hydroxylation is 1. The van der Waals surface area contributed by atoms with Crippen LogP contribution in [0.25, 0.3) is 0 Å². The molecule has 0 amide bonds. The molecule has 0 saturated heterocycles. The van der Waals surface area contributed by atoms with Gasteiger partial charge in [-0.3, -0.25) is 0 Å². The standard InChI is InChI=1S/C13H16O2S2/c1-12-6-8-13(9-7-12)17(14,15)11-5-3-4-10-16-2/h3-10H,11H2,1-2H3. The molecule has 0 fully saturated rings. The minimum Gasteiger partial charge on any atom is -0.223 e. The first kappa shape index (κ1) is 14.1. The lowest BCUT2D eigenvalue weighted by Crippen LogP contribution is -2.04. The summed E-state index contributed by atoms with van der Waals surface area (Å²) in [6.07, 6.45) is 7.19. The molecule has 0 heterocycles. The zero-order valence-corrected chi connectivity index (χ0v) is 11.6. The predicted molar refractivity (Wildman–Crippen MR) is 75.0 cm³/mol. The van der Waals surface area contributed by atoms with E-state index >= 15 is 0 Å². The average molecular weight is 268 g/mol. The Balaban J connectivity index is 2.72. The first-order valence-electron chi connectivity index (χ1n) is 5.20. The van der Waals surface area contributed by atoms with Crippen LogP contribution < -0.4 is 0 Å².